The first-order valence-electron chi connectivity index (χ1n) is 5.22. The normalized spacial score (nSPS) is 18.5. The number of hydrogen-bond acceptors (Lipinski definition) is 4. The van der Waals surface area contributed by atoms with E-state index >= 15 is 0 Å². The van der Waals surface area contributed by atoms with Crippen LogP contribution in [-0.4, -0.2) is 42.0 Å². The van der Waals surface area contributed by atoms with Gasteiger partial charge in [-0.1, -0.05) is 13.8 Å². The van der Waals surface area contributed by atoms with Crippen LogP contribution in [-0.2, 0) is 14.3 Å². The molecule has 1 aliphatic heterocycles. The standard InChI is InChI=1S/C10H18N2O3/c1-3-10(11,4-2)7-12-8(13)5-15-6-9(12)14/h3-7,11H2,1-2H3. The SMILES string of the molecule is CCC(N)(CC)CN1C(=O)COCC1=O. The highest BCUT2D eigenvalue weighted by Gasteiger charge is 2.33. The van der Waals surface area contributed by atoms with Crippen LogP contribution in [0.5, 0.6) is 0 Å². The minimum atomic E-state index is -0.470. The summed E-state index contributed by atoms with van der Waals surface area (Å²) in [7, 11) is 0. The predicted molar refractivity (Wildman–Crippen MR) is 55.0 cm³/mol. The molecular weight excluding hydrogens is 196 g/mol. The number of ether oxygens (including phenoxy) is 1. The third-order valence-electron chi connectivity index (χ3n) is 2.93. The second kappa shape index (κ2) is 4.72. The molecule has 1 aliphatic rings. The average Bonchev–Trinajstić information content (AvgIpc) is 2.23. The zero-order valence-electron chi connectivity index (χ0n) is 9.28. The van der Waals surface area contributed by atoms with Crippen LogP contribution in [0.4, 0.5) is 0 Å². The van der Waals surface area contributed by atoms with E-state index in [0.717, 1.165) is 12.8 Å². The lowest BCUT2D eigenvalue weighted by atomic mass is 9.93. The molecule has 0 bridgehead atoms. The number of nitrogens with zero attached hydrogens (tertiary/aromatic N) is 1. The Balaban J connectivity index is 2.69. The van der Waals surface area contributed by atoms with Crippen LogP contribution in [0.3, 0.4) is 0 Å². The molecule has 5 heteroatoms. The van der Waals surface area contributed by atoms with E-state index in [2.05, 4.69) is 0 Å². The van der Waals surface area contributed by atoms with Crippen molar-refractivity contribution in [2.75, 3.05) is 19.8 Å². The van der Waals surface area contributed by atoms with Crippen LogP contribution >= 0.6 is 0 Å². The Labute approximate surface area is 89.6 Å². The molecule has 0 aromatic rings. The van der Waals surface area contributed by atoms with E-state index in [-0.39, 0.29) is 25.0 Å². The highest BCUT2D eigenvalue weighted by atomic mass is 16.5. The van der Waals surface area contributed by atoms with Gasteiger partial charge in [-0.05, 0) is 12.8 Å². The van der Waals surface area contributed by atoms with Crippen molar-refractivity contribution >= 4 is 11.8 Å². The van der Waals surface area contributed by atoms with Crippen LogP contribution in [0.15, 0.2) is 0 Å². The van der Waals surface area contributed by atoms with Gasteiger partial charge >= 0.3 is 0 Å². The van der Waals surface area contributed by atoms with Crippen LogP contribution in [0.2, 0.25) is 0 Å². The maximum Gasteiger partial charge on any atom is 0.255 e. The molecule has 86 valence electrons. The van der Waals surface area contributed by atoms with E-state index in [1.54, 1.807) is 0 Å². The summed E-state index contributed by atoms with van der Waals surface area (Å²) >= 11 is 0. The molecule has 5 nitrogen and oxygen atoms in total. The monoisotopic (exact) mass is 214 g/mol. The van der Waals surface area contributed by atoms with Crippen molar-refractivity contribution < 1.29 is 14.3 Å². The van der Waals surface area contributed by atoms with Crippen molar-refractivity contribution in [2.24, 2.45) is 5.73 Å². The van der Waals surface area contributed by atoms with Gasteiger partial charge < -0.3 is 10.5 Å². The first-order chi connectivity index (χ1) is 7.02. The number of imide groups is 1. The Bertz CT molecular complexity index is 245. The summed E-state index contributed by atoms with van der Waals surface area (Å²) in [5, 5.41) is 0. The Morgan fingerprint density at radius 1 is 1.27 bits per heavy atom. The lowest BCUT2D eigenvalue weighted by molar-refractivity contribution is -0.159. The van der Waals surface area contributed by atoms with Gasteiger partial charge in [0.05, 0.1) is 0 Å². The van der Waals surface area contributed by atoms with Crippen molar-refractivity contribution in [3.63, 3.8) is 0 Å². The van der Waals surface area contributed by atoms with E-state index in [1.807, 2.05) is 13.8 Å². The molecule has 0 radical (unpaired) electrons. The summed E-state index contributed by atoms with van der Waals surface area (Å²) in [6.45, 7) is 4.17. The molecule has 15 heavy (non-hydrogen) atoms. The van der Waals surface area contributed by atoms with E-state index < -0.39 is 5.54 Å². The summed E-state index contributed by atoms with van der Waals surface area (Å²) in [6, 6.07) is 0. The van der Waals surface area contributed by atoms with Gasteiger partial charge in [-0.15, -0.1) is 0 Å². The minimum absolute atomic E-state index is 0.0186. The van der Waals surface area contributed by atoms with Crippen LogP contribution in [0.25, 0.3) is 0 Å². The average molecular weight is 214 g/mol. The van der Waals surface area contributed by atoms with Gasteiger partial charge in [0.1, 0.15) is 13.2 Å². The largest absolute Gasteiger partial charge is 0.362 e. The number of carbonyl (C=O) groups excluding carboxylic acids is 2. The first-order valence-corrected chi connectivity index (χ1v) is 5.22. The second-order valence-electron chi connectivity index (χ2n) is 3.94. The third-order valence-corrected chi connectivity index (χ3v) is 2.93. The number of rotatable bonds is 4. The molecule has 0 atom stereocenters. The third kappa shape index (κ3) is 2.76. The molecular formula is C10H18N2O3. The van der Waals surface area contributed by atoms with Crippen molar-refractivity contribution in [1.82, 2.24) is 4.90 Å². The summed E-state index contributed by atoms with van der Waals surface area (Å²) in [6.07, 6.45) is 1.48. The highest BCUT2D eigenvalue weighted by Crippen LogP contribution is 2.15. The van der Waals surface area contributed by atoms with Gasteiger partial charge in [-0.3, -0.25) is 14.5 Å². The lowest BCUT2D eigenvalue weighted by Crippen LogP contribution is -2.56. The van der Waals surface area contributed by atoms with E-state index in [4.69, 9.17) is 10.5 Å². The lowest BCUT2D eigenvalue weighted by Gasteiger charge is -2.34. The van der Waals surface area contributed by atoms with Gasteiger partial charge in [0.15, 0.2) is 0 Å². The van der Waals surface area contributed by atoms with Crippen molar-refractivity contribution in [2.45, 2.75) is 32.2 Å². The Morgan fingerprint density at radius 2 is 1.73 bits per heavy atom. The second-order valence-corrected chi connectivity index (χ2v) is 3.94. The minimum Gasteiger partial charge on any atom is -0.362 e. The summed E-state index contributed by atoms with van der Waals surface area (Å²) in [5.41, 5.74) is 5.60. The Kier molecular flexibility index (Phi) is 3.82. The summed E-state index contributed by atoms with van der Waals surface area (Å²) in [4.78, 5) is 24.1. The molecule has 0 aromatic heterocycles. The van der Waals surface area contributed by atoms with Gasteiger partial charge in [-0.25, -0.2) is 0 Å². The zero-order valence-corrected chi connectivity index (χ0v) is 9.28. The fraction of sp³-hybridized carbons (Fsp3) is 0.800. The van der Waals surface area contributed by atoms with Crippen LogP contribution in [0, 0.1) is 0 Å². The predicted octanol–water partition coefficient (Wildman–Crippen LogP) is -0.111. The van der Waals surface area contributed by atoms with Crippen molar-refractivity contribution in [3.05, 3.63) is 0 Å². The molecule has 0 aromatic carbocycles. The molecule has 0 unspecified atom stereocenters. The zero-order chi connectivity index (χ0) is 11.5. The molecule has 0 saturated carbocycles. The highest BCUT2D eigenvalue weighted by molar-refractivity contribution is 5.98. The maximum atomic E-state index is 11.4. The van der Waals surface area contributed by atoms with Crippen molar-refractivity contribution in [1.29, 1.82) is 0 Å². The van der Waals surface area contributed by atoms with Gasteiger partial charge in [-0.2, -0.15) is 0 Å². The number of nitrogens with two attached hydrogens (primary N) is 1. The Hall–Kier alpha value is -0.940. The van der Waals surface area contributed by atoms with Crippen LogP contribution in [0.1, 0.15) is 26.7 Å². The fourth-order valence-corrected chi connectivity index (χ4v) is 1.49. The molecule has 1 saturated heterocycles. The summed E-state index contributed by atoms with van der Waals surface area (Å²) in [5.74, 6) is -0.578. The molecule has 1 heterocycles. The van der Waals surface area contributed by atoms with E-state index in [1.165, 1.54) is 4.90 Å². The smallest absolute Gasteiger partial charge is 0.255 e. The summed E-state index contributed by atoms with van der Waals surface area (Å²) < 4.78 is 4.82. The number of carbonyl (C=O) groups is 2. The molecule has 0 aliphatic carbocycles. The van der Waals surface area contributed by atoms with Gasteiger partial charge in [0, 0.05) is 12.1 Å². The topological polar surface area (TPSA) is 72.6 Å². The van der Waals surface area contributed by atoms with Crippen molar-refractivity contribution in [3.8, 4) is 0 Å². The van der Waals surface area contributed by atoms with E-state index in [0.29, 0.717) is 6.54 Å². The van der Waals surface area contributed by atoms with Gasteiger partial charge in [0.2, 0.25) is 0 Å². The van der Waals surface area contributed by atoms with Gasteiger partial charge in [0.25, 0.3) is 11.8 Å². The molecule has 0 spiro atoms. The molecule has 1 fully saturated rings. The quantitative estimate of drug-likeness (QED) is 0.663. The number of amides is 2. The molecule has 2 amide bonds. The molecule has 1 rings (SSSR count). The van der Waals surface area contributed by atoms with Crippen LogP contribution < -0.4 is 5.73 Å². The fourth-order valence-electron chi connectivity index (χ4n) is 1.49. The number of morpholine rings is 1. The Morgan fingerprint density at radius 3 is 2.13 bits per heavy atom. The first kappa shape index (κ1) is 12.1. The number of hydrogen-bond donors (Lipinski definition) is 1. The maximum absolute atomic E-state index is 11.4. The molecule has 2 N–H and O–H groups in total. The van der Waals surface area contributed by atoms with E-state index in [9.17, 15) is 9.59 Å².